The molecular formula is C85H91BN3O. The van der Waals surface area contributed by atoms with E-state index in [0.717, 1.165) is 88.2 Å². The summed E-state index contributed by atoms with van der Waals surface area (Å²) < 4.78 is 6.82. The Hall–Kier alpha value is -7.76. The van der Waals surface area contributed by atoms with E-state index in [-0.39, 0.29) is 43.3 Å². The zero-order valence-corrected chi connectivity index (χ0v) is 56.7. The molecule has 0 fully saturated rings. The molecule has 1 aliphatic heterocycles. The number of furan rings is 1. The Kier molecular flexibility index (Phi) is 12.8. The topological polar surface area (TPSA) is 31.6 Å². The van der Waals surface area contributed by atoms with Crippen LogP contribution in [-0.2, 0) is 43.3 Å². The zero-order chi connectivity index (χ0) is 63.2. The van der Waals surface area contributed by atoms with Crippen LogP contribution in [0.25, 0.3) is 44.2 Å². The smallest absolute Gasteiger partial charge is 0.197 e. The van der Waals surface area contributed by atoms with Gasteiger partial charge < -0.3 is 19.5 Å². The second kappa shape index (κ2) is 19.6. The van der Waals surface area contributed by atoms with Gasteiger partial charge in [-0.15, -0.1) is 0 Å². The van der Waals surface area contributed by atoms with E-state index in [1.165, 1.54) is 101 Å². The number of hydrogen-bond acceptors (Lipinski definition) is 4. The molecule has 0 spiro atoms. The van der Waals surface area contributed by atoms with Crippen molar-refractivity contribution >= 4 is 85.6 Å². The third-order valence-electron chi connectivity index (χ3n) is 23.0. The average molecular weight is 1180 g/mol. The number of anilines is 8. The summed E-state index contributed by atoms with van der Waals surface area (Å²) in [5, 5.41) is 6.51. The molecule has 90 heavy (non-hydrogen) atoms. The van der Waals surface area contributed by atoms with Crippen LogP contribution in [0.15, 0.2) is 168 Å². The van der Waals surface area contributed by atoms with Gasteiger partial charge in [-0.1, -0.05) is 202 Å². The molecule has 455 valence electrons. The van der Waals surface area contributed by atoms with Gasteiger partial charge in [-0.25, -0.2) is 0 Å². The van der Waals surface area contributed by atoms with Crippen molar-refractivity contribution in [2.45, 2.75) is 200 Å². The maximum Gasteiger partial charge on any atom is 0.197 e. The molecule has 2 heterocycles. The van der Waals surface area contributed by atoms with Gasteiger partial charge in [0.1, 0.15) is 11.2 Å². The first kappa shape index (κ1) is 58.6. The summed E-state index contributed by atoms with van der Waals surface area (Å²) in [6, 6.07) is 63.9. The first-order chi connectivity index (χ1) is 42.4. The maximum absolute atomic E-state index is 6.82. The molecule has 0 amide bonds. The highest BCUT2D eigenvalue weighted by Gasteiger charge is 2.45. The van der Waals surface area contributed by atoms with Gasteiger partial charge in [-0.05, 0) is 228 Å². The highest BCUT2D eigenvalue weighted by Crippen LogP contribution is 2.58. The minimum atomic E-state index is -0.365. The third-order valence-corrected chi connectivity index (χ3v) is 23.0. The molecule has 0 atom stereocenters. The molecule has 4 nitrogen and oxygen atoms in total. The summed E-state index contributed by atoms with van der Waals surface area (Å²) >= 11 is 0. The van der Waals surface area contributed by atoms with Crippen molar-refractivity contribution in [1.82, 2.24) is 0 Å². The molecule has 5 aliphatic rings. The van der Waals surface area contributed by atoms with Crippen LogP contribution in [0, 0.1) is 0 Å². The van der Waals surface area contributed by atoms with Gasteiger partial charge in [0.25, 0.3) is 0 Å². The van der Waals surface area contributed by atoms with Crippen molar-refractivity contribution in [3.63, 3.8) is 0 Å². The molecule has 0 saturated carbocycles. The molecule has 1 radical (unpaired) electrons. The fraction of sp³-hybridized carbons (Fsp3) is 0.365. The van der Waals surface area contributed by atoms with Crippen LogP contribution in [0.4, 0.5) is 45.5 Å². The van der Waals surface area contributed by atoms with E-state index in [2.05, 4.69) is 304 Å². The molecule has 9 aromatic carbocycles. The monoisotopic (exact) mass is 1180 g/mol. The number of benzene rings is 9. The van der Waals surface area contributed by atoms with E-state index in [1.54, 1.807) is 0 Å². The van der Waals surface area contributed by atoms with Crippen LogP contribution < -0.4 is 26.0 Å². The predicted molar refractivity (Wildman–Crippen MR) is 385 cm³/mol. The van der Waals surface area contributed by atoms with Crippen molar-refractivity contribution in [3.8, 4) is 22.3 Å². The zero-order valence-electron chi connectivity index (χ0n) is 56.7. The summed E-state index contributed by atoms with van der Waals surface area (Å²) in [5.41, 5.74) is 30.7. The lowest BCUT2D eigenvalue weighted by molar-refractivity contribution is 0.332. The number of nitrogens with zero attached hydrogens (tertiary/aromatic N) is 2. The number of rotatable bonds is 7. The molecule has 10 aromatic rings. The highest BCUT2D eigenvalue weighted by molar-refractivity contribution is 6.73. The fourth-order valence-corrected chi connectivity index (χ4v) is 17.0. The van der Waals surface area contributed by atoms with Gasteiger partial charge in [0.15, 0.2) is 7.28 Å². The Labute approximate surface area is 537 Å². The molecule has 1 N–H and O–H groups in total. The molecule has 5 heteroatoms. The van der Waals surface area contributed by atoms with Crippen LogP contribution in [0.3, 0.4) is 0 Å². The van der Waals surface area contributed by atoms with Crippen molar-refractivity contribution in [2.24, 2.45) is 0 Å². The van der Waals surface area contributed by atoms with Crippen LogP contribution in [-0.4, -0.2) is 7.28 Å². The van der Waals surface area contributed by atoms with Gasteiger partial charge in [-0.2, -0.15) is 0 Å². The largest absolute Gasteiger partial charge is 0.456 e. The summed E-state index contributed by atoms with van der Waals surface area (Å²) in [5.74, 6) is 0. The second-order valence-corrected chi connectivity index (χ2v) is 33.3. The van der Waals surface area contributed by atoms with Gasteiger partial charge >= 0.3 is 0 Å². The average Bonchev–Trinajstić information content (AvgIpc) is 1.22. The standard InChI is InChI=1S/C85H91BN3O/c1-78(2,3)51-26-29-53(30-27-51)88(55-31-33-59-58-23-19-21-25-73(58)90-74(59)48-55)56-45-61(75-70(37-34-60-57-22-18-20-24-62(57)85(16,17)76(60)75)87-52-28-35-63-65(44-52)81(8,9)40-38-79(63,4)5)77-72(47-56)89(54-32-36-64-66(46-54)82(10,11)41-39-80(64,6)7)71-50-68-67(49-69(71)86-77)83(12,13)42-43-84(68,14)15/h18-37,44-50,87H,38-43H2,1-17H3. The SMILES string of the molecule is CC(C)(C)c1ccc(N(c2cc(-c3c(Nc4ccc5c(c4)C(C)(C)CCC5(C)C)ccc4c3C(C)(C)c3ccccc3-4)c3c(c2)N(c2ccc4c(c2)C(C)(C)CCC4(C)C)c2cc4c(cc2[B]3)C(C)(C)CCC4(C)C)c2ccc3c(c2)oc2ccccc23)cc1. The lowest BCUT2D eigenvalue weighted by Gasteiger charge is -2.45. The van der Waals surface area contributed by atoms with E-state index in [0.29, 0.717) is 0 Å². The number of fused-ring (bicyclic) bond motifs is 11. The van der Waals surface area contributed by atoms with Gasteiger partial charge in [0.05, 0.1) is 0 Å². The third kappa shape index (κ3) is 9.11. The number of nitrogens with one attached hydrogen (secondary N) is 1. The number of hydrogen-bond donors (Lipinski definition) is 1. The Balaban J connectivity index is 1.08. The molecular weight excluding hydrogens is 1090 g/mol. The molecule has 1 aromatic heterocycles. The molecule has 0 unspecified atom stereocenters. The first-order valence-corrected chi connectivity index (χ1v) is 33.6. The van der Waals surface area contributed by atoms with Crippen LogP contribution in [0.5, 0.6) is 0 Å². The Bertz CT molecular complexity index is 4630. The first-order valence-electron chi connectivity index (χ1n) is 33.6. The molecule has 15 rings (SSSR count). The molecule has 4 aliphatic carbocycles. The second-order valence-electron chi connectivity index (χ2n) is 33.3. The van der Waals surface area contributed by atoms with Crippen molar-refractivity contribution in [3.05, 3.63) is 214 Å². The lowest BCUT2D eigenvalue weighted by Crippen LogP contribution is -2.44. The summed E-state index contributed by atoms with van der Waals surface area (Å²) in [6.45, 7) is 41.4. The van der Waals surface area contributed by atoms with E-state index >= 15 is 0 Å². The predicted octanol–water partition coefficient (Wildman–Crippen LogP) is 22.6. The van der Waals surface area contributed by atoms with Crippen molar-refractivity contribution in [2.75, 3.05) is 15.1 Å². The summed E-state index contributed by atoms with van der Waals surface area (Å²) in [7, 11) is 2.59. The van der Waals surface area contributed by atoms with Crippen LogP contribution in [0.1, 0.15) is 206 Å². The Morgan fingerprint density at radius 3 is 1.67 bits per heavy atom. The molecule has 0 saturated heterocycles. The Morgan fingerprint density at radius 2 is 1.00 bits per heavy atom. The van der Waals surface area contributed by atoms with Gasteiger partial charge in [0, 0.05) is 73.3 Å². The Morgan fingerprint density at radius 1 is 0.433 bits per heavy atom. The van der Waals surface area contributed by atoms with E-state index in [9.17, 15) is 0 Å². The van der Waals surface area contributed by atoms with Crippen molar-refractivity contribution < 1.29 is 4.42 Å². The van der Waals surface area contributed by atoms with E-state index in [1.807, 2.05) is 0 Å². The van der Waals surface area contributed by atoms with Crippen LogP contribution in [0.2, 0.25) is 0 Å². The fourth-order valence-electron chi connectivity index (χ4n) is 17.0. The quantitative estimate of drug-likeness (QED) is 0.161. The van der Waals surface area contributed by atoms with E-state index in [4.69, 9.17) is 4.42 Å². The van der Waals surface area contributed by atoms with E-state index < -0.39 is 0 Å². The lowest BCUT2D eigenvalue weighted by atomic mass is 9.55. The summed E-state index contributed by atoms with van der Waals surface area (Å²) in [4.78, 5) is 5.21. The normalized spacial score (nSPS) is 18.9. The van der Waals surface area contributed by atoms with Crippen molar-refractivity contribution in [1.29, 1.82) is 0 Å². The van der Waals surface area contributed by atoms with Crippen LogP contribution >= 0.6 is 0 Å². The molecule has 0 bridgehead atoms. The minimum absolute atomic E-state index is 0.00270. The minimum Gasteiger partial charge on any atom is -0.456 e. The van der Waals surface area contributed by atoms with Gasteiger partial charge in [-0.3, -0.25) is 0 Å². The number of para-hydroxylation sites is 1. The van der Waals surface area contributed by atoms with Gasteiger partial charge in [0.2, 0.25) is 0 Å². The summed E-state index contributed by atoms with van der Waals surface area (Å²) in [6.07, 6.45) is 6.88. The highest BCUT2D eigenvalue weighted by atomic mass is 16.3. The maximum atomic E-state index is 6.82.